The first-order chi connectivity index (χ1) is 11.2. The largest absolute Gasteiger partial charge is 0.336 e. The van der Waals surface area contributed by atoms with Crippen molar-refractivity contribution in [3.05, 3.63) is 36.9 Å². The van der Waals surface area contributed by atoms with Crippen LogP contribution in [-0.4, -0.2) is 34.6 Å². The van der Waals surface area contributed by atoms with Gasteiger partial charge in [0, 0.05) is 23.9 Å². The van der Waals surface area contributed by atoms with Crippen LogP contribution in [0.25, 0.3) is 0 Å². The third kappa shape index (κ3) is 3.61. The number of anilines is 1. The number of benzene rings is 1. The minimum atomic E-state index is -0.355. The SMILES string of the molecule is C=CCN(C(=O)C[C@H]1Sc2ccccc2NC1=O)C1CCCC1. The van der Waals surface area contributed by atoms with Gasteiger partial charge in [-0.25, -0.2) is 0 Å². The van der Waals surface area contributed by atoms with Crippen molar-refractivity contribution in [3.63, 3.8) is 0 Å². The van der Waals surface area contributed by atoms with Gasteiger partial charge in [0.25, 0.3) is 0 Å². The molecule has 1 fully saturated rings. The van der Waals surface area contributed by atoms with Crippen LogP contribution in [0.3, 0.4) is 0 Å². The van der Waals surface area contributed by atoms with E-state index in [-0.39, 0.29) is 23.5 Å². The molecular formula is C18H22N2O2S. The molecular weight excluding hydrogens is 308 g/mol. The molecule has 0 unspecified atom stereocenters. The Morgan fingerprint density at radius 1 is 1.35 bits per heavy atom. The summed E-state index contributed by atoms with van der Waals surface area (Å²) in [6.07, 6.45) is 6.50. The molecule has 1 saturated carbocycles. The van der Waals surface area contributed by atoms with Crippen molar-refractivity contribution in [1.29, 1.82) is 0 Å². The molecule has 23 heavy (non-hydrogen) atoms. The first-order valence-electron chi connectivity index (χ1n) is 8.16. The standard InChI is InChI=1S/C18H22N2O2S/c1-2-11-20(13-7-3-4-8-13)17(21)12-16-18(22)19-14-9-5-6-10-15(14)23-16/h2,5-6,9-10,13,16H,1,3-4,7-8,11-12H2,(H,19,22)/t16-/m1/s1. The van der Waals surface area contributed by atoms with E-state index in [9.17, 15) is 9.59 Å². The number of para-hydroxylation sites is 1. The normalized spacial score (nSPS) is 20.7. The maximum absolute atomic E-state index is 12.7. The van der Waals surface area contributed by atoms with E-state index < -0.39 is 0 Å². The zero-order chi connectivity index (χ0) is 16.2. The number of hydrogen-bond acceptors (Lipinski definition) is 3. The number of nitrogens with one attached hydrogen (secondary N) is 1. The molecule has 1 aliphatic heterocycles. The molecule has 2 amide bonds. The van der Waals surface area contributed by atoms with Gasteiger partial charge in [-0.05, 0) is 25.0 Å². The molecule has 0 bridgehead atoms. The van der Waals surface area contributed by atoms with Crippen molar-refractivity contribution in [3.8, 4) is 0 Å². The monoisotopic (exact) mass is 330 g/mol. The highest BCUT2D eigenvalue weighted by molar-refractivity contribution is 8.01. The summed E-state index contributed by atoms with van der Waals surface area (Å²) in [5, 5.41) is 2.55. The van der Waals surface area contributed by atoms with Crippen LogP contribution < -0.4 is 5.32 Å². The lowest BCUT2D eigenvalue weighted by molar-refractivity contribution is -0.134. The van der Waals surface area contributed by atoms with Crippen molar-refractivity contribution >= 4 is 29.3 Å². The molecule has 3 rings (SSSR count). The van der Waals surface area contributed by atoms with Crippen LogP contribution >= 0.6 is 11.8 Å². The fourth-order valence-corrected chi connectivity index (χ4v) is 4.41. The lowest BCUT2D eigenvalue weighted by atomic mass is 10.1. The lowest BCUT2D eigenvalue weighted by Crippen LogP contribution is -2.42. The van der Waals surface area contributed by atoms with Crippen LogP contribution in [0.4, 0.5) is 5.69 Å². The van der Waals surface area contributed by atoms with Crippen molar-refractivity contribution in [2.75, 3.05) is 11.9 Å². The van der Waals surface area contributed by atoms with Crippen molar-refractivity contribution < 1.29 is 9.59 Å². The predicted molar refractivity (Wildman–Crippen MR) is 93.5 cm³/mol. The molecule has 1 atom stereocenters. The summed E-state index contributed by atoms with van der Waals surface area (Å²) in [4.78, 5) is 27.9. The number of amides is 2. The van der Waals surface area contributed by atoms with Gasteiger partial charge in [-0.2, -0.15) is 0 Å². The number of carbonyl (C=O) groups is 2. The molecule has 0 aromatic heterocycles. The zero-order valence-corrected chi connectivity index (χ0v) is 14.0. The Kier molecular flexibility index (Phi) is 5.06. The van der Waals surface area contributed by atoms with Crippen LogP contribution in [0.5, 0.6) is 0 Å². The van der Waals surface area contributed by atoms with E-state index in [1.807, 2.05) is 29.2 Å². The van der Waals surface area contributed by atoms with Gasteiger partial charge >= 0.3 is 0 Å². The van der Waals surface area contributed by atoms with Crippen molar-refractivity contribution in [2.45, 2.75) is 48.3 Å². The predicted octanol–water partition coefficient (Wildman–Crippen LogP) is 3.45. The second kappa shape index (κ2) is 7.21. The van der Waals surface area contributed by atoms with E-state index in [1.165, 1.54) is 24.6 Å². The van der Waals surface area contributed by atoms with Gasteiger partial charge in [0.05, 0.1) is 10.9 Å². The van der Waals surface area contributed by atoms with Crippen LogP contribution in [0, 0.1) is 0 Å². The van der Waals surface area contributed by atoms with E-state index in [1.54, 1.807) is 6.08 Å². The van der Waals surface area contributed by atoms with E-state index in [0.717, 1.165) is 23.4 Å². The molecule has 0 radical (unpaired) electrons. The van der Waals surface area contributed by atoms with E-state index >= 15 is 0 Å². The fourth-order valence-electron chi connectivity index (χ4n) is 3.31. The smallest absolute Gasteiger partial charge is 0.238 e. The van der Waals surface area contributed by atoms with Gasteiger partial charge in [0.1, 0.15) is 0 Å². The summed E-state index contributed by atoms with van der Waals surface area (Å²) in [5.74, 6) is -0.0177. The molecule has 122 valence electrons. The van der Waals surface area contributed by atoms with Crippen LogP contribution in [0.1, 0.15) is 32.1 Å². The van der Waals surface area contributed by atoms with Crippen LogP contribution in [-0.2, 0) is 9.59 Å². The van der Waals surface area contributed by atoms with Crippen molar-refractivity contribution in [1.82, 2.24) is 4.90 Å². The third-order valence-corrected chi connectivity index (χ3v) is 5.75. The average molecular weight is 330 g/mol. The van der Waals surface area contributed by atoms with Crippen LogP contribution in [0.2, 0.25) is 0 Å². The number of fused-ring (bicyclic) bond motifs is 1. The molecule has 1 heterocycles. The quantitative estimate of drug-likeness (QED) is 0.841. The Hall–Kier alpha value is -1.75. The molecule has 0 spiro atoms. The summed E-state index contributed by atoms with van der Waals surface area (Å²) in [6.45, 7) is 4.34. The molecule has 5 heteroatoms. The first-order valence-corrected chi connectivity index (χ1v) is 9.04. The molecule has 1 aromatic carbocycles. The number of carbonyl (C=O) groups excluding carboxylic acids is 2. The third-order valence-electron chi connectivity index (χ3n) is 4.48. The summed E-state index contributed by atoms with van der Waals surface area (Å²) in [7, 11) is 0. The van der Waals surface area contributed by atoms with E-state index in [2.05, 4.69) is 11.9 Å². The summed E-state index contributed by atoms with van der Waals surface area (Å²) in [6, 6.07) is 8.03. The van der Waals surface area contributed by atoms with Gasteiger partial charge in [0.15, 0.2) is 0 Å². The minimum Gasteiger partial charge on any atom is -0.336 e. The summed E-state index contributed by atoms with van der Waals surface area (Å²) >= 11 is 1.49. The number of nitrogens with zero attached hydrogens (tertiary/aromatic N) is 1. The Bertz CT molecular complexity index is 611. The second-order valence-corrected chi connectivity index (χ2v) is 7.31. The molecule has 1 aromatic rings. The number of thioether (sulfide) groups is 1. The molecule has 2 aliphatic rings. The minimum absolute atomic E-state index is 0.0591. The van der Waals surface area contributed by atoms with Crippen molar-refractivity contribution in [2.24, 2.45) is 0 Å². The van der Waals surface area contributed by atoms with Gasteiger partial charge in [0.2, 0.25) is 11.8 Å². The highest BCUT2D eigenvalue weighted by Gasteiger charge is 2.32. The maximum Gasteiger partial charge on any atom is 0.238 e. The lowest BCUT2D eigenvalue weighted by Gasteiger charge is -2.30. The molecule has 4 nitrogen and oxygen atoms in total. The Morgan fingerprint density at radius 3 is 2.83 bits per heavy atom. The van der Waals surface area contributed by atoms with E-state index in [0.29, 0.717) is 12.6 Å². The van der Waals surface area contributed by atoms with Gasteiger partial charge < -0.3 is 10.2 Å². The second-order valence-electron chi connectivity index (χ2n) is 6.07. The van der Waals surface area contributed by atoms with Gasteiger partial charge in [-0.1, -0.05) is 31.1 Å². The first kappa shape index (κ1) is 16.1. The molecule has 1 N–H and O–H groups in total. The fraction of sp³-hybridized carbons (Fsp3) is 0.444. The Morgan fingerprint density at radius 2 is 2.09 bits per heavy atom. The molecule has 0 saturated heterocycles. The number of rotatable bonds is 5. The summed E-state index contributed by atoms with van der Waals surface area (Å²) < 4.78 is 0. The average Bonchev–Trinajstić information content (AvgIpc) is 3.07. The van der Waals surface area contributed by atoms with Gasteiger partial charge in [-0.15, -0.1) is 18.3 Å². The van der Waals surface area contributed by atoms with Gasteiger partial charge in [-0.3, -0.25) is 9.59 Å². The zero-order valence-electron chi connectivity index (χ0n) is 13.2. The van der Waals surface area contributed by atoms with Crippen LogP contribution in [0.15, 0.2) is 41.8 Å². The topological polar surface area (TPSA) is 49.4 Å². The Balaban J connectivity index is 1.69. The highest BCUT2D eigenvalue weighted by Crippen LogP contribution is 2.37. The van der Waals surface area contributed by atoms with E-state index in [4.69, 9.17) is 0 Å². The summed E-state index contributed by atoms with van der Waals surface area (Å²) in [5.41, 5.74) is 0.838. The maximum atomic E-state index is 12.7. The molecule has 1 aliphatic carbocycles. The number of hydrogen-bond donors (Lipinski definition) is 1. The highest BCUT2D eigenvalue weighted by atomic mass is 32.2. The Labute approximate surface area is 141 Å².